The van der Waals surface area contributed by atoms with E-state index < -0.39 is 25.9 Å². The Bertz CT molecular complexity index is 457. The molecule has 0 aromatic carbocycles. The monoisotopic (exact) mass is 303 g/mol. The summed E-state index contributed by atoms with van der Waals surface area (Å²) in [6.07, 6.45) is 0.859. The van der Waals surface area contributed by atoms with Gasteiger partial charge in [-0.15, -0.1) is 0 Å². The summed E-state index contributed by atoms with van der Waals surface area (Å²) < 4.78 is 48.4. The maximum Gasteiger partial charge on any atom is 0.355 e. The van der Waals surface area contributed by atoms with E-state index in [0.717, 1.165) is 12.3 Å². The normalized spacial score (nSPS) is 15.3. The zero-order chi connectivity index (χ0) is 11.9. The molecule has 0 aliphatic carbocycles. The third kappa shape index (κ3) is 2.52. The summed E-state index contributed by atoms with van der Waals surface area (Å²) in [5.41, 5.74) is 0. The Hall–Kier alpha value is -0.540. The first-order valence-corrected chi connectivity index (χ1v) is 6.22. The average Bonchev–Trinajstić information content (AvgIpc) is 2.50. The van der Waals surface area contributed by atoms with Crippen LogP contribution in [-0.4, -0.2) is 23.0 Å². The minimum atomic E-state index is -4.05. The van der Waals surface area contributed by atoms with Crippen LogP contribution in [0.5, 0.6) is 0 Å². The summed E-state index contributed by atoms with van der Waals surface area (Å²) in [5, 5.41) is 7.34. The molecule has 9 heteroatoms. The standard InChI is InChI=1S/C6H8BrF2N3O2S/c1-4(7)6(8,9)12-3-2-5(11-12)15(10,13)14/h2-4H,1H3,(H2,10,13,14). The van der Waals surface area contributed by atoms with Crippen molar-refractivity contribution in [3.05, 3.63) is 12.3 Å². The van der Waals surface area contributed by atoms with Crippen LogP contribution in [-0.2, 0) is 16.1 Å². The molecule has 0 aliphatic heterocycles. The first-order valence-electron chi connectivity index (χ1n) is 3.76. The highest BCUT2D eigenvalue weighted by Gasteiger charge is 2.38. The van der Waals surface area contributed by atoms with Gasteiger partial charge in [-0.25, -0.2) is 18.2 Å². The molecule has 1 heterocycles. The van der Waals surface area contributed by atoms with E-state index in [0.29, 0.717) is 0 Å². The van der Waals surface area contributed by atoms with Crippen molar-refractivity contribution in [2.24, 2.45) is 5.14 Å². The molecule has 2 N–H and O–H groups in total. The number of hydrogen-bond acceptors (Lipinski definition) is 3. The molecule has 1 unspecified atom stereocenters. The summed E-state index contributed by atoms with van der Waals surface area (Å²) in [6, 6.07) is -2.40. The third-order valence-corrected chi connectivity index (χ3v) is 2.99. The second-order valence-corrected chi connectivity index (χ2v) is 5.73. The molecule has 0 amide bonds. The topological polar surface area (TPSA) is 78.0 Å². The highest BCUT2D eigenvalue weighted by atomic mass is 79.9. The zero-order valence-electron chi connectivity index (χ0n) is 7.56. The summed E-state index contributed by atoms with van der Waals surface area (Å²) >= 11 is 2.70. The van der Waals surface area contributed by atoms with Crippen molar-refractivity contribution in [3.63, 3.8) is 0 Å². The molecule has 5 nitrogen and oxygen atoms in total. The summed E-state index contributed by atoms with van der Waals surface area (Å²) in [6.45, 7) is 1.22. The number of alkyl halides is 3. The SMILES string of the molecule is CC(Br)C(F)(F)n1ccc(S(N)(=O)=O)n1. The molecule has 0 saturated heterocycles. The van der Waals surface area contributed by atoms with Gasteiger partial charge in [0.05, 0.1) is 4.83 Å². The molecule has 0 fully saturated rings. The maximum atomic E-state index is 13.3. The summed E-state index contributed by atoms with van der Waals surface area (Å²) in [5.74, 6) is 0. The lowest BCUT2D eigenvalue weighted by atomic mass is 10.4. The van der Waals surface area contributed by atoms with Gasteiger partial charge in [-0.3, -0.25) is 0 Å². The Morgan fingerprint density at radius 2 is 2.20 bits per heavy atom. The van der Waals surface area contributed by atoms with Crippen LogP contribution in [0.25, 0.3) is 0 Å². The molecule has 1 aromatic heterocycles. The molecule has 0 aliphatic rings. The molecule has 1 rings (SSSR count). The fraction of sp³-hybridized carbons (Fsp3) is 0.500. The van der Waals surface area contributed by atoms with Gasteiger partial charge >= 0.3 is 6.05 Å². The van der Waals surface area contributed by atoms with Gasteiger partial charge < -0.3 is 0 Å². The predicted octanol–water partition coefficient (Wildman–Crippen LogP) is 0.863. The largest absolute Gasteiger partial charge is 0.355 e. The fourth-order valence-electron chi connectivity index (χ4n) is 0.807. The predicted molar refractivity (Wildman–Crippen MR) is 52.2 cm³/mol. The molecule has 15 heavy (non-hydrogen) atoms. The number of halogens is 3. The highest BCUT2D eigenvalue weighted by molar-refractivity contribution is 9.09. The minimum absolute atomic E-state index is 0.256. The minimum Gasteiger partial charge on any atom is -0.223 e. The van der Waals surface area contributed by atoms with Crippen LogP contribution in [0.3, 0.4) is 0 Å². The summed E-state index contributed by atoms with van der Waals surface area (Å²) in [7, 11) is -4.05. The van der Waals surface area contributed by atoms with Gasteiger partial charge in [-0.1, -0.05) is 15.9 Å². The van der Waals surface area contributed by atoms with E-state index in [1.807, 2.05) is 0 Å². The van der Waals surface area contributed by atoms with Gasteiger partial charge in [0.1, 0.15) is 0 Å². The number of rotatable bonds is 3. The molecule has 1 aromatic rings. The van der Waals surface area contributed by atoms with Crippen LogP contribution >= 0.6 is 15.9 Å². The van der Waals surface area contributed by atoms with Crippen LogP contribution in [0.4, 0.5) is 8.78 Å². The van der Waals surface area contributed by atoms with E-state index in [1.165, 1.54) is 6.92 Å². The van der Waals surface area contributed by atoms with E-state index in [2.05, 4.69) is 21.0 Å². The van der Waals surface area contributed by atoms with Crippen LogP contribution in [0.2, 0.25) is 0 Å². The van der Waals surface area contributed by atoms with Gasteiger partial charge in [0, 0.05) is 6.20 Å². The molecular formula is C6H8BrF2N3O2S. The van der Waals surface area contributed by atoms with Gasteiger partial charge in [0.25, 0.3) is 10.0 Å². The van der Waals surface area contributed by atoms with Crippen LogP contribution < -0.4 is 5.14 Å². The Kier molecular flexibility index (Phi) is 3.17. The molecular weight excluding hydrogens is 296 g/mol. The zero-order valence-corrected chi connectivity index (χ0v) is 9.96. The highest BCUT2D eigenvalue weighted by Crippen LogP contribution is 2.29. The quantitative estimate of drug-likeness (QED) is 0.841. The van der Waals surface area contributed by atoms with Gasteiger partial charge in [-0.05, 0) is 13.0 Å². The molecule has 0 saturated carbocycles. The van der Waals surface area contributed by atoms with Crippen LogP contribution in [0.15, 0.2) is 17.3 Å². The molecule has 1 atom stereocenters. The number of nitrogens with zero attached hydrogens (tertiary/aromatic N) is 2. The van der Waals surface area contributed by atoms with Gasteiger partial charge in [-0.2, -0.15) is 13.9 Å². The first kappa shape index (κ1) is 12.5. The Balaban J connectivity index is 3.16. The smallest absolute Gasteiger partial charge is 0.223 e. The van der Waals surface area contributed by atoms with Gasteiger partial charge in [0.2, 0.25) is 0 Å². The van der Waals surface area contributed by atoms with Crippen molar-refractivity contribution in [3.8, 4) is 0 Å². The number of nitrogens with two attached hydrogens (primary N) is 1. The lowest BCUT2D eigenvalue weighted by Gasteiger charge is -2.18. The molecule has 0 bridgehead atoms. The Morgan fingerprint density at radius 1 is 1.67 bits per heavy atom. The fourth-order valence-corrected chi connectivity index (χ4v) is 1.47. The van der Waals surface area contributed by atoms with Crippen LogP contribution in [0.1, 0.15) is 6.92 Å². The van der Waals surface area contributed by atoms with Gasteiger partial charge in [0.15, 0.2) is 5.03 Å². The van der Waals surface area contributed by atoms with E-state index in [-0.39, 0.29) is 4.68 Å². The van der Waals surface area contributed by atoms with E-state index in [4.69, 9.17) is 5.14 Å². The second-order valence-electron chi connectivity index (χ2n) is 2.85. The number of aromatic nitrogens is 2. The number of primary sulfonamides is 1. The van der Waals surface area contributed by atoms with Crippen molar-refractivity contribution in [2.45, 2.75) is 22.8 Å². The van der Waals surface area contributed by atoms with Crippen molar-refractivity contribution >= 4 is 26.0 Å². The van der Waals surface area contributed by atoms with E-state index >= 15 is 0 Å². The molecule has 86 valence electrons. The lowest BCUT2D eigenvalue weighted by molar-refractivity contribution is -0.0883. The van der Waals surface area contributed by atoms with E-state index in [9.17, 15) is 17.2 Å². The van der Waals surface area contributed by atoms with Crippen molar-refractivity contribution in [1.29, 1.82) is 0 Å². The third-order valence-electron chi connectivity index (χ3n) is 1.64. The number of hydrogen-bond donors (Lipinski definition) is 1. The van der Waals surface area contributed by atoms with Crippen molar-refractivity contribution in [1.82, 2.24) is 9.78 Å². The van der Waals surface area contributed by atoms with E-state index in [1.54, 1.807) is 0 Å². The maximum absolute atomic E-state index is 13.3. The average molecular weight is 304 g/mol. The summed E-state index contributed by atoms with van der Waals surface area (Å²) in [4.78, 5) is -1.18. The van der Waals surface area contributed by atoms with Crippen molar-refractivity contribution in [2.75, 3.05) is 0 Å². The number of sulfonamides is 1. The Labute approximate surface area is 93.4 Å². The van der Waals surface area contributed by atoms with Crippen LogP contribution in [0, 0.1) is 0 Å². The lowest BCUT2D eigenvalue weighted by Crippen LogP contribution is -2.32. The van der Waals surface area contributed by atoms with Crippen molar-refractivity contribution < 1.29 is 17.2 Å². The Morgan fingerprint density at radius 3 is 2.53 bits per heavy atom. The molecule has 0 spiro atoms. The second kappa shape index (κ2) is 3.80. The first-order chi connectivity index (χ1) is 6.65. The molecule has 0 radical (unpaired) electrons.